The molecule has 0 saturated carbocycles. The highest BCUT2D eigenvalue weighted by molar-refractivity contribution is 6.02. The van der Waals surface area contributed by atoms with Gasteiger partial charge in [-0.15, -0.1) is 0 Å². The van der Waals surface area contributed by atoms with Crippen molar-refractivity contribution in [3.8, 4) is 34.0 Å². The van der Waals surface area contributed by atoms with E-state index in [0.717, 1.165) is 28.8 Å². The summed E-state index contributed by atoms with van der Waals surface area (Å²) in [6.45, 7) is 1.93. The van der Waals surface area contributed by atoms with Crippen LogP contribution < -0.4 is 21.1 Å². The third kappa shape index (κ3) is 6.56. The monoisotopic (exact) mass is 557 g/mol. The number of nitrogens with zero attached hydrogens (tertiary/aromatic N) is 4. The molecule has 2 aromatic carbocycles. The van der Waals surface area contributed by atoms with E-state index in [9.17, 15) is 18.0 Å². The van der Waals surface area contributed by atoms with Gasteiger partial charge in [0.05, 0.1) is 29.3 Å². The predicted octanol–water partition coefficient (Wildman–Crippen LogP) is 6.95. The lowest BCUT2D eigenvalue weighted by Crippen LogP contribution is -2.20. The SMILES string of the molecule is Cc1cnc(N)c(-c2ccc(Oc3ncc(NC(=O)Nc4cc(C(F)(F)F)ccc4-c4cccnc4)cn3)cc2)c1. The van der Waals surface area contributed by atoms with E-state index in [-0.39, 0.29) is 17.4 Å². The Morgan fingerprint density at radius 2 is 1.61 bits per heavy atom. The minimum atomic E-state index is -4.59. The second-order valence-electron chi connectivity index (χ2n) is 8.91. The number of aromatic nitrogens is 4. The molecule has 9 nitrogen and oxygen atoms in total. The summed E-state index contributed by atoms with van der Waals surface area (Å²) in [6, 6.07) is 14.7. The normalized spacial score (nSPS) is 11.1. The summed E-state index contributed by atoms with van der Waals surface area (Å²) in [5.74, 6) is 0.889. The van der Waals surface area contributed by atoms with E-state index in [1.54, 1.807) is 30.5 Å². The molecule has 3 heterocycles. The molecule has 0 aliphatic rings. The number of hydrogen-bond donors (Lipinski definition) is 3. The maximum absolute atomic E-state index is 13.3. The number of ether oxygens (including phenoxy) is 1. The number of nitrogens with one attached hydrogen (secondary N) is 2. The van der Waals surface area contributed by atoms with Gasteiger partial charge in [0.25, 0.3) is 0 Å². The Kier molecular flexibility index (Phi) is 7.46. The maximum atomic E-state index is 13.3. The quantitative estimate of drug-likeness (QED) is 0.206. The summed E-state index contributed by atoms with van der Waals surface area (Å²) in [5, 5.41) is 4.98. The van der Waals surface area contributed by atoms with Gasteiger partial charge in [-0.1, -0.05) is 24.3 Å². The number of benzene rings is 2. The Morgan fingerprint density at radius 3 is 2.29 bits per heavy atom. The molecule has 0 unspecified atom stereocenters. The number of aryl methyl sites for hydroxylation is 1. The summed E-state index contributed by atoms with van der Waals surface area (Å²) in [6.07, 6.45) is 2.75. The lowest BCUT2D eigenvalue weighted by Gasteiger charge is -2.15. The van der Waals surface area contributed by atoms with E-state index in [4.69, 9.17) is 10.5 Å². The van der Waals surface area contributed by atoms with Crippen molar-refractivity contribution in [3.05, 3.63) is 103 Å². The molecule has 0 spiro atoms. The molecule has 0 aliphatic heterocycles. The first-order valence-electron chi connectivity index (χ1n) is 12.2. The van der Waals surface area contributed by atoms with Crippen molar-refractivity contribution in [2.45, 2.75) is 13.1 Å². The molecule has 206 valence electrons. The summed E-state index contributed by atoms with van der Waals surface area (Å²) in [7, 11) is 0. The molecule has 5 rings (SSSR count). The molecule has 2 amide bonds. The molecule has 0 atom stereocenters. The average molecular weight is 558 g/mol. The number of nitrogen functional groups attached to an aromatic ring is 1. The highest BCUT2D eigenvalue weighted by Gasteiger charge is 2.31. The summed E-state index contributed by atoms with van der Waals surface area (Å²) < 4.78 is 45.7. The van der Waals surface area contributed by atoms with Crippen LogP contribution in [0.1, 0.15) is 11.1 Å². The molecule has 0 radical (unpaired) electrons. The number of halogens is 3. The number of carbonyl (C=O) groups excluding carboxylic acids is 1. The highest BCUT2D eigenvalue weighted by Crippen LogP contribution is 2.36. The molecule has 0 aliphatic carbocycles. The molecule has 3 aromatic heterocycles. The standard InChI is InChI=1S/C29H22F3N7O2/c1-17-11-24(26(33)35-13-17)18-4-7-22(8-5-18)41-28-36-15-21(16-37-28)38-27(40)39-25-12-20(29(30,31)32)6-9-23(25)19-3-2-10-34-14-19/h2-16H,1H3,(H2,33,35)(H2,38,39,40). The molecular formula is C29H22F3N7O2. The van der Waals surface area contributed by atoms with Gasteiger partial charge < -0.3 is 21.1 Å². The first-order chi connectivity index (χ1) is 19.7. The van der Waals surface area contributed by atoms with Crippen molar-refractivity contribution in [1.29, 1.82) is 0 Å². The highest BCUT2D eigenvalue weighted by atomic mass is 19.4. The van der Waals surface area contributed by atoms with Crippen LogP contribution >= 0.6 is 0 Å². The zero-order valence-electron chi connectivity index (χ0n) is 21.5. The fourth-order valence-corrected chi connectivity index (χ4v) is 3.93. The zero-order valence-corrected chi connectivity index (χ0v) is 21.5. The fourth-order valence-electron chi connectivity index (χ4n) is 3.93. The summed E-state index contributed by atoms with van der Waals surface area (Å²) >= 11 is 0. The largest absolute Gasteiger partial charge is 0.424 e. The number of carbonyl (C=O) groups is 1. The number of hydrogen-bond acceptors (Lipinski definition) is 7. The van der Waals surface area contributed by atoms with Crippen LogP contribution in [-0.2, 0) is 6.18 Å². The number of nitrogens with two attached hydrogens (primary N) is 1. The minimum absolute atomic E-state index is 0.0252. The number of amides is 2. The third-order valence-corrected chi connectivity index (χ3v) is 5.88. The van der Waals surface area contributed by atoms with Gasteiger partial charge in [-0.3, -0.25) is 4.98 Å². The van der Waals surface area contributed by atoms with Crippen LogP contribution in [0.15, 0.2) is 91.6 Å². The number of pyridine rings is 2. The lowest BCUT2D eigenvalue weighted by molar-refractivity contribution is -0.137. The van der Waals surface area contributed by atoms with Gasteiger partial charge in [-0.2, -0.15) is 13.2 Å². The lowest BCUT2D eigenvalue weighted by atomic mass is 10.0. The molecule has 12 heteroatoms. The second kappa shape index (κ2) is 11.3. The van der Waals surface area contributed by atoms with Gasteiger partial charge in [0.1, 0.15) is 11.6 Å². The van der Waals surface area contributed by atoms with E-state index in [2.05, 4.69) is 30.6 Å². The van der Waals surface area contributed by atoms with E-state index in [1.807, 2.05) is 25.1 Å². The van der Waals surface area contributed by atoms with Crippen molar-refractivity contribution in [2.24, 2.45) is 0 Å². The fraction of sp³-hybridized carbons (Fsp3) is 0.0690. The van der Waals surface area contributed by atoms with E-state index in [0.29, 0.717) is 22.7 Å². The van der Waals surface area contributed by atoms with Crippen molar-refractivity contribution < 1.29 is 22.7 Å². The van der Waals surface area contributed by atoms with Gasteiger partial charge >= 0.3 is 18.2 Å². The first-order valence-corrected chi connectivity index (χ1v) is 12.2. The van der Waals surface area contributed by atoms with Crippen LogP contribution in [0.5, 0.6) is 11.8 Å². The van der Waals surface area contributed by atoms with Crippen LogP contribution in [0.3, 0.4) is 0 Å². The van der Waals surface area contributed by atoms with Crippen LogP contribution in [0.2, 0.25) is 0 Å². The molecule has 0 saturated heterocycles. The molecule has 0 bridgehead atoms. The van der Waals surface area contributed by atoms with Gasteiger partial charge in [0.15, 0.2) is 0 Å². The van der Waals surface area contributed by atoms with Crippen molar-refractivity contribution in [3.63, 3.8) is 0 Å². The van der Waals surface area contributed by atoms with Crippen LogP contribution in [0.4, 0.5) is 35.2 Å². The molecule has 0 fully saturated rings. The topological polar surface area (TPSA) is 128 Å². The number of anilines is 3. The predicted molar refractivity (Wildman–Crippen MR) is 148 cm³/mol. The number of alkyl halides is 3. The smallest absolute Gasteiger partial charge is 0.416 e. The second-order valence-corrected chi connectivity index (χ2v) is 8.91. The summed E-state index contributed by atoms with van der Waals surface area (Å²) in [4.78, 5) is 29.0. The van der Waals surface area contributed by atoms with Crippen LogP contribution in [-0.4, -0.2) is 26.0 Å². The Hall–Kier alpha value is -5.52. The number of urea groups is 1. The molecule has 4 N–H and O–H groups in total. The van der Waals surface area contributed by atoms with Crippen molar-refractivity contribution >= 4 is 23.2 Å². The zero-order chi connectivity index (χ0) is 29.0. The van der Waals surface area contributed by atoms with E-state index >= 15 is 0 Å². The minimum Gasteiger partial charge on any atom is -0.424 e. The van der Waals surface area contributed by atoms with Gasteiger partial charge in [-0.25, -0.2) is 19.7 Å². The van der Waals surface area contributed by atoms with E-state index in [1.165, 1.54) is 30.9 Å². The van der Waals surface area contributed by atoms with Gasteiger partial charge in [0, 0.05) is 35.3 Å². The van der Waals surface area contributed by atoms with E-state index < -0.39 is 17.8 Å². The Balaban J connectivity index is 1.26. The Morgan fingerprint density at radius 1 is 0.854 bits per heavy atom. The third-order valence-electron chi connectivity index (χ3n) is 5.88. The Labute approximate surface area is 232 Å². The molecular weight excluding hydrogens is 535 g/mol. The number of rotatable bonds is 6. The molecule has 41 heavy (non-hydrogen) atoms. The Bertz CT molecular complexity index is 1680. The molecule has 5 aromatic rings. The van der Waals surface area contributed by atoms with Crippen LogP contribution in [0.25, 0.3) is 22.3 Å². The maximum Gasteiger partial charge on any atom is 0.416 e. The summed E-state index contributed by atoms with van der Waals surface area (Å²) in [5.41, 5.74) is 8.79. The average Bonchev–Trinajstić information content (AvgIpc) is 2.96. The van der Waals surface area contributed by atoms with Gasteiger partial charge in [-0.05, 0) is 54.4 Å². The first kappa shape index (κ1) is 27.1. The van der Waals surface area contributed by atoms with Gasteiger partial charge in [0.2, 0.25) is 0 Å². The van der Waals surface area contributed by atoms with Crippen molar-refractivity contribution in [2.75, 3.05) is 16.4 Å². The van der Waals surface area contributed by atoms with Crippen LogP contribution in [0, 0.1) is 6.92 Å². The van der Waals surface area contributed by atoms with Crippen molar-refractivity contribution in [1.82, 2.24) is 19.9 Å².